The summed E-state index contributed by atoms with van der Waals surface area (Å²) in [6.07, 6.45) is 5.03. The molecule has 0 atom stereocenters. The third kappa shape index (κ3) is 3.16. The number of aliphatic hydroxyl groups excluding tert-OH is 1. The molecule has 102 valence electrons. The number of aliphatic hydroxyl groups is 1. The van der Waals surface area contributed by atoms with Crippen molar-refractivity contribution in [1.82, 2.24) is 0 Å². The lowest BCUT2D eigenvalue weighted by Crippen LogP contribution is -1.92. The minimum atomic E-state index is 0.211. The fourth-order valence-electron chi connectivity index (χ4n) is 2.20. The van der Waals surface area contributed by atoms with Crippen LogP contribution in [0.5, 0.6) is 0 Å². The van der Waals surface area contributed by atoms with Gasteiger partial charge in [-0.05, 0) is 53.3 Å². The van der Waals surface area contributed by atoms with Crippen molar-refractivity contribution in [3.05, 3.63) is 49.9 Å². The summed E-state index contributed by atoms with van der Waals surface area (Å²) in [7, 11) is 0. The van der Waals surface area contributed by atoms with Gasteiger partial charge in [0.2, 0.25) is 0 Å². The van der Waals surface area contributed by atoms with Crippen LogP contribution in [0.2, 0.25) is 0 Å². The Morgan fingerprint density at radius 3 is 2.00 bits per heavy atom. The van der Waals surface area contributed by atoms with Crippen molar-refractivity contribution in [2.24, 2.45) is 0 Å². The van der Waals surface area contributed by atoms with Gasteiger partial charge in [0.25, 0.3) is 0 Å². The number of rotatable bonds is 6. The Kier molecular flexibility index (Phi) is 5.37. The van der Waals surface area contributed by atoms with E-state index in [0.29, 0.717) is 0 Å². The molecule has 0 unspecified atom stereocenters. The topological polar surface area (TPSA) is 20.2 Å². The fourth-order valence-corrected chi connectivity index (χ4v) is 4.35. The van der Waals surface area contributed by atoms with Gasteiger partial charge in [0, 0.05) is 21.9 Å². The lowest BCUT2D eigenvalue weighted by atomic mass is 10.0. The molecule has 0 radical (unpaired) electrons. The Morgan fingerprint density at radius 1 is 1.05 bits per heavy atom. The van der Waals surface area contributed by atoms with Crippen molar-refractivity contribution in [2.45, 2.75) is 33.1 Å². The summed E-state index contributed by atoms with van der Waals surface area (Å²) in [5, 5.41) is 13.5. The van der Waals surface area contributed by atoms with Crippen LogP contribution >= 0.6 is 22.7 Å². The second-order valence-electron chi connectivity index (χ2n) is 4.39. The first-order valence-electron chi connectivity index (χ1n) is 6.76. The van der Waals surface area contributed by atoms with Crippen LogP contribution in [-0.4, -0.2) is 11.7 Å². The van der Waals surface area contributed by atoms with Gasteiger partial charge in [-0.2, -0.15) is 0 Å². The standard InChI is InChI=1S/C16H20OS2/c1-3-12-7-10-18-15(12)14(6-5-9-17)16-13(4-2)8-11-19-16/h6-8,10-11,17H,3-5,9H2,1-2H3. The van der Waals surface area contributed by atoms with Crippen LogP contribution in [0.4, 0.5) is 0 Å². The van der Waals surface area contributed by atoms with Gasteiger partial charge in [-0.15, -0.1) is 22.7 Å². The smallest absolute Gasteiger partial charge is 0.0465 e. The van der Waals surface area contributed by atoms with Crippen LogP contribution in [-0.2, 0) is 12.8 Å². The molecule has 19 heavy (non-hydrogen) atoms. The van der Waals surface area contributed by atoms with Gasteiger partial charge in [0.15, 0.2) is 0 Å². The predicted octanol–water partition coefficient (Wildman–Crippen LogP) is 4.75. The average molecular weight is 292 g/mol. The summed E-state index contributed by atoms with van der Waals surface area (Å²) in [6, 6.07) is 4.43. The first kappa shape index (κ1) is 14.5. The lowest BCUT2D eigenvalue weighted by Gasteiger charge is -2.09. The van der Waals surface area contributed by atoms with Crippen LogP contribution in [0.25, 0.3) is 5.57 Å². The second kappa shape index (κ2) is 7.04. The molecule has 0 spiro atoms. The molecule has 0 amide bonds. The van der Waals surface area contributed by atoms with Gasteiger partial charge in [-0.3, -0.25) is 0 Å². The third-order valence-corrected chi connectivity index (χ3v) is 5.20. The van der Waals surface area contributed by atoms with Crippen molar-refractivity contribution < 1.29 is 5.11 Å². The zero-order chi connectivity index (χ0) is 13.7. The van der Waals surface area contributed by atoms with E-state index in [2.05, 4.69) is 42.8 Å². The van der Waals surface area contributed by atoms with E-state index in [9.17, 15) is 0 Å². The Labute approximate surface area is 123 Å². The maximum absolute atomic E-state index is 9.13. The highest BCUT2D eigenvalue weighted by Gasteiger charge is 2.14. The molecule has 1 N–H and O–H groups in total. The Hall–Kier alpha value is -0.900. The molecule has 0 saturated heterocycles. The molecule has 0 aliphatic carbocycles. The maximum atomic E-state index is 9.13. The summed E-state index contributed by atoms with van der Waals surface area (Å²) < 4.78 is 0. The van der Waals surface area contributed by atoms with E-state index in [-0.39, 0.29) is 6.61 Å². The van der Waals surface area contributed by atoms with E-state index in [1.165, 1.54) is 26.5 Å². The van der Waals surface area contributed by atoms with Crippen LogP contribution in [0.1, 0.15) is 41.1 Å². The normalized spacial score (nSPS) is 10.7. The fraction of sp³-hybridized carbons (Fsp3) is 0.375. The van der Waals surface area contributed by atoms with Crippen molar-refractivity contribution >= 4 is 28.2 Å². The molecule has 0 fully saturated rings. The number of aryl methyl sites for hydroxylation is 2. The van der Waals surface area contributed by atoms with Crippen molar-refractivity contribution in [3.63, 3.8) is 0 Å². The predicted molar refractivity (Wildman–Crippen MR) is 86.2 cm³/mol. The molecule has 0 aliphatic rings. The highest BCUT2D eigenvalue weighted by Crippen LogP contribution is 2.36. The van der Waals surface area contributed by atoms with Crippen LogP contribution < -0.4 is 0 Å². The van der Waals surface area contributed by atoms with Crippen molar-refractivity contribution in [3.8, 4) is 0 Å². The zero-order valence-corrected chi connectivity index (χ0v) is 13.1. The van der Waals surface area contributed by atoms with Gasteiger partial charge in [-0.1, -0.05) is 19.9 Å². The zero-order valence-electron chi connectivity index (χ0n) is 11.5. The maximum Gasteiger partial charge on any atom is 0.0465 e. The average Bonchev–Trinajstić information content (AvgIpc) is 3.07. The van der Waals surface area contributed by atoms with Gasteiger partial charge in [-0.25, -0.2) is 0 Å². The molecule has 0 saturated carbocycles. The minimum absolute atomic E-state index is 0.211. The Balaban J connectivity index is 2.48. The van der Waals surface area contributed by atoms with Crippen LogP contribution in [0.3, 0.4) is 0 Å². The molecule has 0 bridgehead atoms. The summed E-state index contributed by atoms with van der Waals surface area (Å²) >= 11 is 3.61. The Bertz CT molecular complexity index is 504. The summed E-state index contributed by atoms with van der Waals surface area (Å²) in [6.45, 7) is 4.61. The molecule has 2 heterocycles. The first-order chi connectivity index (χ1) is 9.31. The van der Waals surface area contributed by atoms with Crippen LogP contribution in [0.15, 0.2) is 29.0 Å². The summed E-state index contributed by atoms with van der Waals surface area (Å²) in [5.41, 5.74) is 4.13. The molecular formula is C16H20OS2. The minimum Gasteiger partial charge on any atom is -0.396 e. The number of hydrogen-bond acceptors (Lipinski definition) is 3. The Morgan fingerprint density at radius 2 is 1.58 bits per heavy atom. The molecular weight excluding hydrogens is 272 g/mol. The molecule has 2 aromatic heterocycles. The van der Waals surface area contributed by atoms with E-state index in [1.807, 2.05) is 0 Å². The SMILES string of the molecule is CCc1ccsc1C(=CCCO)c1sccc1CC. The molecule has 3 heteroatoms. The largest absolute Gasteiger partial charge is 0.396 e. The van der Waals surface area contributed by atoms with E-state index in [1.54, 1.807) is 22.7 Å². The summed E-state index contributed by atoms with van der Waals surface area (Å²) in [5.74, 6) is 0. The van der Waals surface area contributed by atoms with Gasteiger partial charge in [0.05, 0.1) is 0 Å². The van der Waals surface area contributed by atoms with Gasteiger partial charge in [0.1, 0.15) is 0 Å². The van der Waals surface area contributed by atoms with E-state index < -0.39 is 0 Å². The lowest BCUT2D eigenvalue weighted by molar-refractivity contribution is 0.303. The monoisotopic (exact) mass is 292 g/mol. The highest BCUT2D eigenvalue weighted by molar-refractivity contribution is 7.14. The van der Waals surface area contributed by atoms with Gasteiger partial charge >= 0.3 is 0 Å². The molecule has 0 aliphatic heterocycles. The van der Waals surface area contributed by atoms with Gasteiger partial charge < -0.3 is 5.11 Å². The van der Waals surface area contributed by atoms with E-state index in [4.69, 9.17) is 5.11 Å². The highest BCUT2D eigenvalue weighted by atomic mass is 32.1. The molecule has 1 nitrogen and oxygen atoms in total. The number of thiophene rings is 2. The first-order valence-corrected chi connectivity index (χ1v) is 8.52. The van der Waals surface area contributed by atoms with Crippen LogP contribution in [0, 0.1) is 0 Å². The third-order valence-electron chi connectivity index (χ3n) is 3.22. The number of hydrogen-bond donors (Lipinski definition) is 1. The second-order valence-corrected chi connectivity index (χ2v) is 6.22. The van der Waals surface area contributed by atoms with E-state index in [0.717, 1.165) is 19.3 Å². The molecule has 2 aromatic rings. The molecule has 0 aromatic carbocycles. The molecule has 2 rings (SSSR count). The van der Waals surface area contributed by atoms with E-state index >= 15 is 0 Å². The van der Waals surface area contributed by atoms with Crippen molar-refractivity contribution in [1.29, 1.82) is 0 Å². The quantitative estimate of drug-likeness (QED) is 0.814. The summed E-state index contributed by atoms with van der Waals surface area (Å²) in [4.78, 5) is 2.74. The van der Waals surface area contributed by atoms with Crippen molar-refractivity contribution in [2.75, 3.05) is 6.61 Å².